The highest BCUT2D eigenvalue weighted by Gasteiger charge is 2.41. The van der Waals surface area contributed by atoms with Crippen molar-refractivity contribution < 1.29 is 4.74 Å². The molecule has 21 heavy (non-hydrogen) atoms. The van der Waals surface area contributed by atoms with Crippen molar-refractivity contribution in [2.45, 2.75) is 51.1 Å². The Morgan fingerprint density at radius 2 is 1.95 bits per heavy atom. The minimum Gasteiger partial charge on any atom is -0.379 e. The summed E-state index contributed by atoms with van der Waals surface area (Å²) in [6.07, 6.45) is 5.50. The van der Waals surface area contributed by atoms with Gasteiger partial charge in [-0.15, -0.1) is 0 Å². The summed E-state index contributed by atoms with van der Waals surface area (Å²) in [4.78, 5) is 4.87. The van der Waals surface area contributed by atoms with Gasteiger partial charge in [0.2, 0.25) is 0 Å². The van der Waals surface area contributed by atoms with Crippen LogP contribution in [0.2, 0.25) is 0 Å². The van der Waals surface area contributed by atoms with E-state index < -0.39 is 0 Å². The Hall–Kier alpha value is -0.160. The van der Waals surface area contributed by atoms with Gasteiger partial charge in [0.25, 0.3) is 0 Å². The van der Waals surface area contributed by atoms with Crippen LogP contribution >= 0.6 is 0 Å². The van der Waals surface area contributed by atoms with Crippen LogP contribution in [-0.4, -0.2) is 74.9 Å². The Balaban J connectivity index is 1.80. The third kappa shape index (κ3) is 4.92. The number of ether oxygens (including phenoxy) is 1. The molecule has 0 aromatic carbocycles. The lowest BCUT2D eigenvalue weighted by Crippen LogP contribution is -2.64. The van der Waals surface area contributed by atoms with Crippen molar-refractivity contribution in [3.63, 3.8) is 0 Å². The molecule has 1 aliphatic carbocycles. The molecule has 1 aliphatic heterocycles. The molecule has 0 radical (unpaired) electrons. The third-order valence-corrected chi connectivity index (χ3v) is 5.20. The van der Waals surface area contributed by atoms with E-state index in [1.54, 1.807) is 0 Å². The molecule has 1 spiro atoms. The second-order valence-electron chi connectivity index (χ2n) is 7.57. The Morgan fingerprint density at radius 1 is 1.24 bits per heavy atom. The van der Waals surface area contributed by atoms with Crippen LogP contribution in [0.25, 0.3) is 0 Å². The van der Waals surface area contributed by atoms with E-state index in [9.17, 15) is 0 Å². The van der Waals surface area contributed by atoms with Crippen molar-refractivity contribution >= 4 is 0 Å². The Labute approximate surface area is 131 Å². The molecule has 0 amide bonds. The van der Waals surface area contributed by atoms with E-state index in [1.165, 1.54) is 32.2 Å². The fourth-order valence-corrected chi connectivity index (χ4v) is 3.83. The zero-order chi connectivity index (χ0) is 15.3. The summed E-state index contributed by atoms with van der Waals surface area (Å²) < 4.78 is 5.82. The first-order chi connectivity index (χ1) is 10.0. The number of nitrogens with zero attached hydrogens (tertiary/aromatic N) is 2. The van der Waals surface area contributed by atoms with Gasteiger partial charge in [-0.1, -0.05) is 26.7 Å². The molecule has 4 heteroatoms. The largest absolute Gasteiger partial charge is 0.379 e. The number of rotatable bonds is 7. The molecule has 2 fully saturated rings. The Kier molecular flexibility index (Phi) is 6.48. The normalized spacial score (nSPS) is 26.3. The summed E-state index contributed by atoms with van der Waals surface area (Å²) in [6.45, 7) is 10.9. The molecule has 2 aliphatic rings. The van der Waals surface area contributed by atoms with Crippen molar-refractivity contribution in [1.29, 1.82) is 0 Å². The monoisotopic (exact) mass is 297 g/mol. The van der Waals surface area contributed by atoms with Gasteiger partial charge >= 0.3 is 0 Å². The predicted molar refractivity (Wildman–Crippen MR) is 88.8 cm³/mol. The van der Waals surface area contributed by atoms with Gasteiger partial charge in [0, 0.05) is 37.8 Å². The Morgan fingerprint density at radius 3 is 2.57 bits per heavy atom. The molecule has 0 aromatic heterocycles. The van der Waals surface area contributed by atoms with Crippen molar-refractivity contribution in [2.24, 2.45) is 5.92 Å². The molecular formula is C17H35N3O. The average molecular weight is 297 g/mol. The van der Waals surface area contributed by atoms with Crippen molar-refractivity contribution in [1.82, 2.24) is 15.1 Å². The van der Waals surface area contributed by atoms with Crippen LogP contribution in [0.3, 0.4) is 0 Å². The highest BCUT2D eigenvalue weighted by molar-refractivity contribution is 5.01. The average Bonchev–Trinajstić information content (AvgIpc) is 2.86. The molecule has 1 N–H and O–H groups in total. The molecule has 1 saturated carbocycles. The number of hydrogen-bond donors (Lipinski definition) is 1. The number of likely N-dealkylation sites (N-methyl/N-ethyl adjacent to an activating group) is 1. The summed E-state index contributed by atoms with van der Waals surface area (Å²) in [5.74, 6) is 0.707. The lowest BCUT2D eigenvalue weighted by molar-refractivity contribution is 0.0238. The molecule has 2 rings (SSSR count). The van der Waals surface area contributed by atoms with E-state index in [2.05, 4.69) is 43.1 Å². The molecule has 1 saturated heterocycles. The van der Waals surface area contributed by atoms with Gasteiger partial charge in [-0.05, 0) is 32.9 Å². The van der Waals surface area contributed by atoms with Crippen LogP contribution < -0.4 is 5.32 Å². The highest BCUT2D eigenvalue weighted by Crippen LogP contribution is 2.34. The quantitative estimate of drug-likeness (QED) is 0.725. The van der Waals surface area contributed by atoms with E-state index in [0.717, 1.165) is 32.8 Å². The van der Waals surface area contributed by atoms with Gasteiger partial charge in [-0.3, -0.25) is 4.90 Å². The SMILES string of the molecule is CC(C)C1CNC2(CCCC2)CN1CCOCCN(C)C. The topological polar surface area (TPSA) is 27.7 Å². The van der Waals surface area contributed by atoms with Crippen molar-refractivity contribution in [3.8, 4) is 0 Å². The zero-order valence-electron chi connectivity index (χ0n) is 14.5. The van der Waals surface area contributed by atoms with Gasteiger partial charge in [0.05, 0.1) is 13.2 Å². The lowest BCUT2D eigenvalue weighted by atomic mass is 9.89. The van der Waals surface area contributed by atoms with Crippen LogP contribution in [0.4, 0.5) is 0 Å². The minimum atomic E-state index is 0.412. The van der Waals surface area contributed by atoms with Crippen LogP contribution in [0.1, 0.15) is 39.5 Å². The van der Waals surface area contributed by atoms with Gasteiger partial charge < -0.3 is 15.0 Å². The zero-order valence-corrected chi connectivity index (χ0v) is 14.5. The second kappa shape index (κ2) is 7.91. The maximum Gasteiger partial charge on any atom is 0.0594 e. The van der Waals surface area contributed by atoms with Crippen LogP contribution in [0.15, 0.2) is 0 Å². The molecule has 4 nitrogen and oxygen atoms in total. The first-order valence-corrected chi connectivity index (χ1v) is 8.74. The van der Waals surface area contributed by atoms with Crippen LogP contribution in [-0.2, 0) is 4.74 Å². The van der Waals surface area contributed by atoms with E-state index in [1.807, 2.05) is 0 Å². The number of piperazine rings is 1. The van der Waals surface area contributed by atoms with Gasteiger partial charge in [0.1, 0.15) is 0 Å². The molecule has 1 unspecified atom stereocenters. The van der Waals surface area contributed by atoms with Crippen LogP contribution in [0, 0.1) is 5.92 Å². The van der Waals surface area contributed by atoms with Crippen molar-refractivity contribution in [2.75, 3.05) is 53.5 Å². The molecule has 1 heterocycles. The van der Waals surface area contributed by atoms with E-state index in [4.69, 9.17) is 4.74 Å². The highest BCUT2D eigenvalue weighted by atomic mass is 16.5. The summed E-state index contributed by atoms with van der Waals surface area (Å²) >= 11 is 0. The minimum absolute atomic E-state index is 0.412. The maximum atomic E-state index is 5.82. The predicted octanol–water partition coefficient (Wildman–Crippen LogP) is 1.81. The third-order valence-electron chi connectivity index (χ3n) is 5.20. The Bertz CT molecular complexity index is 300. The van der Waals surface area contributed by atoms with Gasteiger partial charge in [0.15, 0.2) is 0 Å². The summed E-state index contributed by atoms with van der Waals surface area (Å²) in [5.41, 5.74) is 0.412. The second-order valence-corrected chi connectivity index (χ2v) is 7.57. The lowest BCUT2D eigenvalue weighted by Gasteiger charge is -2.48. The van der Waals surface area contributed by atoms with E-state index in [0.29, 0.717) is 17.5 Å². The van der Waals surface area contributed by atoms with Gasteiger partial charge in [-0.2, -0.15) is 0 Å². The molecule has 0 bridgehead atoms. The first kappa shape index (κ1) is 17.2. The van der Waals surface area contributed by atoms with E-state index >= 15 is 0 Å². The number of nitrogens with one attached hydrogen (secondary N) is 1. The van der Waals surface area contributed by atoms with Crippen LogP contribution in [0.5, 0.6) is 0 Å². The number of hydrogen-bond acceptors (Lipinski definition) is 4. The summed E-state index contributed by atoms with van der Waals surface area (Å²) in [7, 11) is 4.19. The smallest absolute Gasteiger partial charge is 0.0594 e. The summed E-state index contributed by atoms with van der Waals surface area (Å²) in [6, 6.07) is 0.661. The standard InChI is InChI=1S/C17H35N3O/c1-15(2)16-13-18-17(7-5-6-8-17)14-20(16)10-12-21-11-9-19(3)4/h15-16,18H,5-14H2,1-4H3. The van der Waals surface area contributed by atoms with E-state index in [-0.39, 0.29) is 0 Å². The molecule has 0 aromatic rings. The molecule has 124 valence electrons. The molecular weight excluding hydrogens is 262 g/mol. The summed E-state index contributed by atoms with van der Waals surface area (Å²) in [5, 5.41) is 3.88. The van der Waals surface area contributed by atoms with Gasteiger partial charge in [-0.25, -0.2) is 0 Å². The fraction of sp³-hybridized carbons (Fsp3) is 1.00. The first-order valence-electron chi connectivity index (χ1n) is 8.74. The maximum absolute atomic E-state index is 5.82. The molecule has 1 atom stereocenters. The van der Waals surface area contributed by atoms with Crippen molar-refractivity contribution in [3.05, 3.63) is 0 Å². The fourth-order valence-electron chi connectivity index (χ4n) is 3.83.